The van der Waals surface area contributed by atoms with Crippen LogP contribution in [-0.4, -0.2) is 37.0 Å². The summed E-state index contributed by atoms with van der Waals surface area (Å²) in [5.74, 6) is 0. The highest BCUT2D eigenvalue weighted by Gasteiger charge is 2.33. The lowest BCUT2D eigenvalue weighted by Crippen LogP contribution is -2.46. The zero-order chi connectivity index (χ0) is 10.3. The van der Waals surface area contributed by atoms with Crippen LogP contribution in [0.3, 0.4) is 0 Å². The largest absolute Gasteiger partial charge is 0.389 e. The summed E-state index contributed by atoms with van der Waals surface area (Å²) in [6, 6.07) is 0. The van der Waals surface area contributed by atoms with Crippen LogP contribution in [0.5, 0.6) is 0 Å². The third kappa shape index (κ3) is 4.40. The Bertz CT molecular complexity index is 146. The van der Waals surface area contributed by atoms with Crippen LogP contribution in [0.4, 0.5) is 0 Å². The Morgan fingerprint density at radius 3 is 2.71 bits per heavy atom. The molecule has 84 valence electrons. The van der Waals surface area contributed by atoms with Gasteiger partial charge in [0.05, 0.1) is 12.2 Å². The monoisotopic (exact) mass is 201 g/mol. The van der Waals surface area contributed by atoms with Crippen LogP contribution in [0.2, 0.25) is 0 Å². The SMILES string of the molecule is CCCCOCCNCC1(O)CCC1. The number of unbranched alkanes of at least 4 members (excludes halogenated alkanes) is 1. The average Bonchev–Trinajstić information content (AvgIpc) is 2.14. The quantitative estimate of drug-likeness (QED) is 0.582. The first-order valence-electron chi connectivity index (χ1n) is 5.78. The number of hydrogen-bond donors (Lipinski definition) is 2. The number of hydrogen-bond acceptors (Lipinski definition) is 3. The molecule has 3 nitrogen and oxygen atoms in total. The van der Waals surface area contributed by atoms with Crippen molar-refractivity contribution in [3.8, 4) is 0 Å². The summed E-state index contributed by atoms with van der Waals surface area (Å²) in [6.45, 7) is 5.36. The lowest BCUT2D eigenvalue weighted by molar-refractivity contribution is -0.0321. The van der Waals surface area contributed by atoms with Crippen LogP contribution < -0.4 is 5.32 Å². The van der Waals surface area contributed by atoms with Crippen LogP contribution in [0.1, 0.15) is 39.0 Å². The fourth-order valence-corrected chi connectivity index (χ4v) is 1.58. The van der Waals surface area contributed by atoms with Gasteiger partial charge in [-0.3, -0.25) is 0 Å². The summed E-state index contributed by atoms with van der Waals surface area (Å²) in [5.41, 5.74) is -0.399. The molecule has 0 aromatic carbocycles. The van der Waals surface area contributed by atoms with Gasteiger partial charge in [0.25, 0.3) is 0 Å². The highest BCUT2D eigenvalue weighted by atomic mass is 16.5. The topological polar surface area (TPSA) is 41.5 Å². The van der Waals surface area contributed by atoms with Gasteiger partial charge in [-0.2, -0.15) is 0 Å². The molecule has 1 aliphatic carbocycles. The van der Waals surface area contributed by atoms with E-state index in [0.29, 0.717) is 0 Å². The van der Waals surface area contributed by atoms with Gasteiger partial charge in [0.1, 0.15) is 0 Å². The van der Waals surface area contributed by atoms with Crippen molar-refractivity contribution in [2.24, 2.45) is 0 Å². The summed E-state index contributed by atoms with van der Waals surface area (Å²) in [4.78, 5) is 0. The Balaban J connectivity index is 1.80. The number of aliphatic hydroxyl groups is 1. The molecule has 0 radical (unpaired) electrons. The Hall–Kier alpha value is -0.120. The van der Waals surface area contributed by atoms with E-state index in [4.69, 9.17) is 4.74 Å². The van der Waals surface area contributed by atoms with Crippen molar-refractivity contribution < 1.29 is 9.84 Å². The first kappa shape index (κ1) is 12.0. The zero-order valence-corrected chi connectivity index (χ0v) is 9.22. The molecular formula is C11H23NO2. The van der Waals surface area contributed by atoms with Gasteiger partial charge in [-0.05, 0) is 25.7 Å². The summed E-state index contributed by atoms with van der Waals surface area (Å²) < 4.78 is 5.40. The Morgan fingerprint density at radius 1 is 1.36 bits per heavy atom. The predicted octanol–water partition coefficient (Wildman–Crippen LogP) is 1.31. The standard InChI is InChI=1S/C11H23NO2/c1-2-3-8-14-9-7-12-10-11(13)5-4-6-11/h12-13H,2-10H2,1H3. The molecule has 0 aromatic heterocycles. The van der Waals surface area contributed by atoms with Crippen LogP contribution in [0, 0.1) is 0 Å². The lowest BCUT2D eigenvalue weighted by Gasteiger charge is -2.36. The molecule has 0 bridgehead atoms. The van der Waals surface area contributed by atoms with Gasteiger partial charge >= 0.3 is 0 Å². The van der Waals surface area contributed by atoms with Crippen molar-refractivity contribution in [2.45, 2.75) is 44.6 Å². The molecular weight excluding hydrogens is 178 g/mol. The van der Waals surface area contributed by atoms with Crippen molar-refractivity contribution in [3.63, 3.8) is 0 Å². The Kier molecular flexibility index (Phi) is 5.45. The second kappa shape index (κ2) is 6.38. The molecule has 1 aliphatic rings. The Labute approximate surface area is 86.8 Å². The van der Waals surface area contributed by atoms with Gasteiger partial charge in [-0.1, -0.05) is 13.3 Å². The van der Waals surface area contributed by atoms with Crippen LogP contribution >= 0.6 is 0 Å². The minimum atomic E-state index is -0.399. The molecule has 0 amide bonds. The maximum Gasteiger partial charge on any atom is 0.0771 e. The lowest BCUT2D eigenvalue weighted by atomic mass is 9.80. The summed E-state index contributed by atoms with van der Waals surface area (Å²) >= 11 is 0. The minimum absolute atomic E-state index is 0.399. The van der Waals surface area contributed by atoms with Gasteiger partial charge in [0.15, 0.2) is 0 Å². The molecule has 1 fully saturated rings. The van der Waals surface area contributed by atoms with E-state index in [0.717, 1.165) is 45.6 Å². The van der Waals surface area contributed by atoms with E-state index in [9.17, 15) is 5.11 Å². The van der Waals surface area contributed by atoms with Gasteiger partial charge in [-0.15, -0.1) is 0 Å². The molecule has 0 unspecified atom stereocenters. The molecule has 0 atom stereocenters. The highest BCUT2D eigenvalue weighted by molar-refractivity contribution is 4.89. The molecule has 0 aliphatic heterocycles. The molecule has 3 heteroatoms. The second-order valence-electron chi connectivity index (χ2n) is 4.22. The number of rotatable bonds is 8. The van der Waals surface area contributed by atoms with E-state index < -0.39 is 5.60 Å². The first-order chi connectivity index (χ1) is 6.77. The Morgan fingerprint density at radius 2 is 2.14 bits per heavy atom. The first-order valence-corrected chi connectivity index (χ1v) is 5.78. The molecule has 1 saturated carbocycles. The number of ether oxygens (including phenoxy) is 1. The van der Waals surface area contributed by atoms with Crippen LogP contribution in [0.25, 0.3) is 0 Å². The maximum absolute atomic E-state index is 9.75. The number of nitrogens with one attached hydrogen (secondary N) is 1. The molecule has 0 saturated heterocycles. The molecule has 0 aromatic rings. The minimum Gasteiger partial charge on any atom is -0.389 e. The smallest absolute Gasteiger partial charge is 0.0771 e. The molecule has 0 spiro atoms. The van der Waals surface area contributed by atoms with E-state index in [-0.39, 0.29) is 0 Å². The van der Waals surface area contributed by atoms with E-state index in [1.165, 1.54) is 12.8 Å². The van der Waals surface area contributed by atoms with E-state index in [2.05, 4.69) is 12.2 Å². The molecule has 1 rings (SSSR count). The summed E-state index contributed by atoms with van der Waals surface area (Å²) in [6.07, 6.45) is 5.41. The fourth-order valence-electron chi connectivity index (χ4n) is 1.58. The van der Waals surface area contributed by atoms with Crippen LogP contribution in [0.15, 0.2) is 0 Å². The maximum atomic E-state index is 9.75. The van der Waals surface area contributed by atoms with Crippen molar-refractivity contribution >= 4 is 0 Å². The van der Waals surface area contributed by atoms with Gasteiger partial charge in [0, 0.05) is 19.7 Å². The third-order valence-electron chi connectivity index (χ3n) is 2.80. The third-order valence-corrected chi connectivity index (χ3v) is 2.80. The van der Waals surface area contributed by atoms with E-state index in [1.54, 1.807) is 0 Å². The predicted molar refractivity (Wildman–Crippen MR) is 57.4 cm³/mol. The average molecular weight is 201 g/mol. The van der Waals surface area contributed by atoms with E-state index in [1.807, 2.05) is 0 Å². The van der Waals surface area contributed by atoms with Crippen LogP contribution in [-0.2, 0) is 4.74 Å². The van der Waals surface area contributed by atoms with E-state index >= 15 is 0 Å². The van der Waals surface area contributed by atoms with Crippen molar-refractivity contribution in [1.82, 2.24) is 5.32 Å². The normalized spacial score (nSPS) is 19.3. The second-order valence-corrected chi connectivity index (χ2v) is 4.22. The summed E-state index contributed by atoms with van der Waals surface area (Å²) in [5, 5.41) is 13.0. The van der Waals surface area contributed by atoms with Crippen molar-refractivity contribution in [2.75, 3.05) is 26.3 Å². The molecule has 14 heavy (non-hydrogen) atoms. The highest BCUT2D eigenvalue weighted by Crippen LogP contribution is 2.30. The van der Waals surface area contributed by atoms with Crippen molar-refractivity contribution in [3.05, 3.63) is 0 Å². The van der Waals surface area contributed by atoms with Gasteiger partial charge in [0.2, 0.25) is 0 Å². The van der Waals surface area contributed by atoms with Gasteiger partial charge in [-0.25, -0.2) is 0 Å². The molecule has 0 heterocycles. The summed E-state index contributed by atoms with van der Waals surface area (Å²) in [7, 11) is 0. The zero-order valence-electron chi connectivity index (χ0n) is 9.22. The van der Waals surface area contributed by atoms with Crippen molar-refractivity contribution in [1.29, 1.82) is 0 Å². The fraction of sp³-hybridized carbons (Fsp3) is 1.00. The molecule has 2 N–H and O–H groups in total. The van der Waals surface area contributed by atoms with Gasteiger partial charge < -0.3 is 15.2 Å².